The van der Waals surface area contributed by atoms with Gasteiger partial charge in [0.25, 0.3) is 0 Å². The zero-order valence-electron chi connectivity index (χ0n) is 14.4. The maximum absolute atomic E-state index is 12.5. The predicted octanol–water partition coefficient (Wildman–Crippen LogP) is 2.01. The van der Waals surface area contributed by atoms with Crippen molar-refractivity contribution in [3.63, 3.8) is 0 Å². The van der Waals surface area contributed by atoms with Gasteiger partial charge in [-0.3, -0.25) is 4.79 Å². The van der Waals surface area contributed by atoms with Gasteiger partial charge in [-0.1, -0.05) is 30.3 Å². The number of benzene rings is 1. The lowest BCUT2D eigenvalue weighted by atomic mass is 9.95. The third-order valence-corrected chi connectivity index (χ3v) is 5.10. The molecule has 3 heterocycles. The monoisotopic (exact) mass is 336 g/mol. The first kappa shape index (κ1) is 16.1. The first-order valence-corrected chi connectivity index (χ1v) is 9.07. The molecule has 1 unspecified atom stereocenters. The number of aromatic nitrogens is 1. The Hall–Kier alpha value is -2.40. The number of nitrogens with one attached hydrogen (secondary N) is 2. The van der Waals surface area contributed by atoms with Crippen LogP contribution in [0.15, 0.2) is 42.6 Å². The molecule has 5 heteroatoms. The number of rotatable bonds is 4. The number of hydrogen-bond acceptors (Lipinski definition) is 4. The number of fused-ring (bicyclic) bond motifs is 1. The molecule has 0 radical (unpaired) electrons. The maximum atomic E-state index is 12.5. The summed E-state index contributed by atoms with van der Waals surface area (Å²) in [6.07, 6.45) is 5.11. The summed E-state index contributed by atoms with van der Waals surface area (Å²) in [6, 6.07) is 12.3. The van der Waals surface area contributed by atoms with Gasteiger partial charge in [0.2, 0.25) is 5.91 Å². The molecule has 1 amide bonds. The summed E-state index contributed by atoms with van der Waals surface area (Å²) in [7, 11) is 0. The Morgan fingerprint density at radius 3 is 2.72 bits per heavy atom. The predicted molar refractivity (Wildman–Crippen MR) is 98.3 cm³/mol. The van der Waals surface area contributed by atoms with E-state index in [4.69, 9.17) is 0 Å². The van der Waals surface area contributed by atoms with Crippen LogP contribution in [-0.4, -0.2) is 30.0 Å². The van der Waals surface area contributed by atoms with E-state index < -0.39 is 0 Å². The van der Waals surface area contributed by atoms with E-state index in [1.807, 2.05) is 18.3 Å². The molecule has 1 aromatic carbocycles. The molecule has 1 fully saturated rings. The van der Waals surface area contributed by atoms with E-state index in [1.54, 1.807) is 0 Å². The normalized spacial score (nSPS) is 19.5. The number of pyridine rings is 1. The molecule has 2 N–H and O–H groups in total. The zero-order valence-corrected chi connectivity index (χ0v) is 14.4. The summed E-state index contributed by atoms with van der Waals surface area (Å²) in [5.41, 5.74) is 3.58. The van der Waals surface area contributed by atoms with E-state index in [0.717, 1.165) is 37.4 Å². The van der Waals surface area contributed by atoms with Gasteiger partial charge < -0.3 is 15.5 Å². The van der Waals surface area contributed by atoms with E-state index in [0.29, 0.717) is 6.54 Å². The molecule has 2 aromatic rings. The van der Waals surface area contributed by atoms with Gasteiger partial charge in [-0.15, -0.1) is 0 Å². The SMILES string of the molecule is O=C(NCc1ccc(N2CCCC2)nc1)C1Cc2ccccc2CN1. The van der Waals surface area contributed by atoms with Crippen LogP contribution in [0.1, 0.15) is 29.5 Å². The summed E-state index contributed by atoms with van der Waals surface area (Å²) >= 11 is 0. The van der Waals surface area contributed by atoms with Gasteiger partial charge in [0.15, 0.2) is 0 Å². The van der Waals surface area contributed by atoms with Gasteiger partial charge in [-0.25, -0.2) is 4.98 Å². The van der Waals surface area contributed by atoms with E-state index in [1.165, 1.54) is 24.0 Å². The third kappa shape index (κ3) is 3.66. The van der Waals surface area contributed by atoms with Gasteiger partial charge in [-0.2, -0.15) is 0 Å². The van der Waals surface area contributed by atoms with Crippen molar-refractivity contribution in [1.29, 1.82) is 0 Å². The first-order valence-electron chi connectivity index (χ1n) is 9.07. The second-order valence-corrected chi connectivity index (χ2v) is 6.84. The maximum Gasteiger partial charge on any atom is 0.237 e. The smallest absolute Gasteiger partial charge is 0.237 e. The van der Waals surface area contributed by atoms with Gasteiger partial charge in [0.1, 0.15) is 5.82 Å². The Balaban J connectivity index is 1.31. The van der Waals surface area contributed by atoms with Crippen molar-refractivity contribution in [3.8, 4) is 0 Å². The minimum atomic E-state index is -0.160. The minimum absolute atomic E-state index is 0.0538. The molecule has 0 aliphatic carbocycles. The summed E-state index contributed by atoms with van der Waals surface area (Å²) in [5.74, 6) is 1.09. The zero-order chi connectivity index (χ0) is 17.1. The molecule has 4 rings (SSSR count). The Morgan fingerprint density at radius 1 is 1.16 bits per heavy atom. The fourth-order valence-electron chi connectivity index (χ4n) is 3.61. The number of anilines is 1. The number of amides is 1. The number of carbonyl (C=O) groups excluding carboxylic acids is 1. The lowest BCUT2D eigenvalue weighted by Crippen LogP contribution is -2.47. The molecule has 1 saturated heterocycles. The van der Waals surface area contributed by atoms with Gasteiger partial charge >= 0.3 is 0 Å². The number of carbonyl (C=O) groups is 1. The Bertz CT molecular complexity index is 738. The van der Waals surface area contributed by atoms with Crippen LogP contribution in [0.3, 0.4) is 0 Å². The third-order valence-electron chi connectivity index (χ3n) is 5.10. The second-order valence-electron chi connectivity index (χ2n) is 6.84. The molecule has 0 bridgehead atoms. The first-order chi connectivity index (χ1) is 12.3. The molecule has 130 valence electrons. The summed E-state index contributed by atoms with van der Waals surface area (Å²) in [4.78, 5) is 19.3. The van der Waals surface area contributed by atoms with Gasteiger partial charge in [0.05, 0.1) is 6.04 Å². The minimum Gasteiger partial charge on any atom is -0.357 e. The van der Waals surface area contributed by atoms with Crippen LogP contribution in [0.5, 0.6) is 0 Å². The molecule has 5 nitrogen and oxygen atoms in total. The molecule has 25 heavy (non-hydrogen) atoms. The van der Waals surface area contributed by atoms with Crippen molar-refractivity contribution in [3.05, 3.63) is 59.3 Å². The summed E-state index contributed by atoms with van der Waals surface area (Å²) in [6.45, 7) is 3.46. The highest BCUT2D eigenvalue weighted by Crippen LogP contribution is 2.18. The largest absolute Gasteiger partial charge is 0.357 e. The molecule has 0 spiro atoms. The van der Waals surface area contributed by atoms with E-state index >= 15 is 0 Å². The average Bonchev–Trinajstić information content (AvgIpc) is 3.21. The fourth-order valence-corrected chi connectivity index (χ4v) is 3.61. The van der Waals surface area contributed by atoms with Crippen LogP contribution >= 0.6 is 0 Å². The van der Waals surface area contributed by atoms with Crippen LogP contribution in [0.2, 0.25) is 0 Å². The lowest BCUT2D eigenvalue weighted by molar-refractivity contribution is -0.123. The highest BCUT2D eigenvalue weighted by Gasteiger charge is 2.23. The number of hydrogen-bond donors (Lipinski definition) is 2. The fraction of sp³-hybridized carbons (Fsp3) is 0.400. The number of nitrogens with zero attached hydrogens (tertiary/aromatic N) is 2. The van der Waals surface area contributed by atoms with Crippen LogP contribution in [0, 0.1) is 0 Å². The quantitative estimate of drug-likeness (QED) is 0.897. The van der Waals surface area contributed by atoms with Crippen molar-refractivity contribution in [2.75, 3.05) is 18.0 Å². The molecular weight excluding hydrogens is 312 g/mol. The van der Waals surface area contributed by atoms with Gasteiger partial charge in [-0.05, 0) is 42.0 Å². The van der Waals surface area contributed by atoms with E-state index in [9.17, 15) is 4.79 Å². The average molecular weight is 336 g/mol. The second kappa shape index (κ2) is 7.23. The standard InChI is InChI=1S/C20H24N4O/c25-20(18-11-16-5-1-2-6-17(16)14-21-18)23-13-15-7-8-19(22-12-15)24-9-3-4-10-24/h1-2,5-8,12,18,21H,3-4,9-11,13-14H2,(H,23,25). The summed E-state index contributed by atoms with van der Waals surface area (Å²) in [5, 5.41) is 6.36. The van der Waals surface area contributed by atoms with Gasteiger partial charge in [0, 0.05) is 32.4 Å². The van der Waals surface area contributed by atoms with Crippen LogP contribution < -0.4 is 15.5 Å². The molecular formula is C20H24N4O. The van der Waals surface area contributed by atoms with Crippen molar-refractivity contribution in [1.82, 2.24) is 15.6 Å². The Morgan fingerprint density at radius 2 is 1.96 bits per heavy atom. The van der Waals surface area contributed by atoms with Crippen molar-refractivity contribution >= 4 is 11.7 Å². The van der Waals surface area contributed by atoms with Crippen molar-refractivity contribution in [2.24, 2.45) is 0 Å². The molecule has 1 aromatic heterocycles. The molecule has 2 aliphatic heterocycles. The Kier molecular flexibility index (Phi) is 4.65. The van der Waals surface area contributed by atoms with Crippen LogP contribution in [0.4, 0.5) is 5.82 Å². The summed E-state index contributed by atoms with van der Waals surface area (Å²) < 4.78 is 0. The molecule has 1 atom stereocenters. The molecule has 0 saturated carbocycles. The molecule has 2 aliphatic rings. The van der Waals surface area contributed by atoms with Crippen LogP contribution in [-0.2, 0) is 24.3 Å². The Labute approximate surface area is 148 Å². The van der Waals surface area contributed by atoms with Crippen molar-refractivity contribution in [2.45, 2.75) is 38.4 Å². The highest BCUT2D eigenvalue weighted by molar-refractivity contribution is 5.82. The van der Waals surface area contributed by atoms with E-state index in [2.05, 4.69) is 44.8 Å². The van der Waals surface area contributed by atoms with Crippen LogP contribution in [0.25, 0.3) is 0 Å². The lowest BCUT2D eigenvalue weighted by Gasteiger charge is -2.25. The van der Waals surface area contributed by atoms with Crippen molar-refractivity contribution < 1.29 is 4.79 Å². The highest BCUT2D eigenvalue weighted by atomic mass is 16.2. The topological polar surface area (TPSA) is 57.3 Å². The van der Waals surface area contributed by atoms with E-state index in [-0.39, 0.29) is 11.9 Å².